The second kappa shape index (κ2) is 4.75. The summed E-state index contributed by atoms with van der Waals surface area (Å²) in [7, 11) is 1.44. The molecule has 0 saturated carbocycles. The summed E-state index contributed by atoms with van der Waals surface area (Å²) in [4.78, 5) is 10.3. The van der Waals surface area contributed by atoms with Crippen molar-refractivity contribution in [3.63, 3.8) is 0 Å². The Morgan fingerprint density at radius 2 is 2.36 bits per heavy atom. The van der Waals surface area contributed by atoms with Gasteiger partial charge in [-0.05, 0) is 0 Å². The second-order valence-electron chi connectivity index (χ2n) is 2.49. The number of aromatic nitrogens is 3. The molecule has 0 fully saturated rings. The number of nitrogens with zero attached hydrogens (tertiary/aromatic N) is 3. The van der Waals surface area contributed by atoms with Crippen LogP contribution in [-0.4, -0.2) is 35.0 Å². The number of methoxy groups -OCH3 is 1. The zero-order valence-corrected chi connectivity index (χ0v) is 7.48. The first-order valence-corrected chi connectivity index (χ1v) is 3.86. The first-order chi connectivity index (χ1) is 6.70. The number of carbonyl (C=O) groups is 1. The van der Waals surface area contributed by atoms with Crippen molar-refractivity contribution in [3.05, 3.63) is 11.4 Å². The molecule has 0 aromatic carbocycles. The van der Waals surface area contributed by atoms with Crippen LogP contribution in [0.15, 0.2) is 0 Å². The molecule has 0 saturated heterocycles. The molecule has 5 nitrogen and oxygen atoms in total. The highest BCUT2D eigenvalue weighted by molar-refractivity contribution is 5.73. The number of hydrogen-bond donors (Lipinski definition) is 0. The highest BCUT2D eigenvalue weighted by atomic mass is 19.3. The van der Waals surface area contributed by atoms with Crippen molar-refractivity contribution in [3.8, 4) is 0 Å². The molecule has 1 heterocycles. The van der Waals surface area contributed by atoms with Gasteiger partial charge < -0.3 is 4.74 Å². The van der Waals surface area contributed by atoms with E-state index in [0.29, 0.717) is 0 Å². The number of hydrogen-bond acceptors (Lipinski definition) is 4. The summed E-state index contributed by atoms with van der Waals surface area (Å²) in [6.07, 6.45) is -2.50. The van der Waals surface area contributed by atoms with Gasteiger partial charge in [-0.1, -0.05) is 5.21 Å². The molecule has 0 N–H and O–H groups in total. The predicted octanol–water partition coefficient (Wildman–Crippen LogP) is 0.675. The fraction of sp³-hybridized carbons (Fsp3) is 0.571. The lowest BCUT2D eigenvalue weighted by Gasteiger charge is -2.04. The number of aldehydes is 1. The van der Waals surface area contributed by atoms with Crippen LogP contribution in [0.3, 0.4) is 0 Å². The van der Waals surface area contributed by atoms with Gasteiger partial charge in [-0.15, -0.1) is 5.10 Å². The van der Waals surface area contributed by atoms with Gasteiger partial charge in [-0.2, -0.15) is 0 Å². The van der Waals surface area contributed by atoms with Crippen molar-refractivity contribution < 1.29 is 18.3 Å². The Bertz CT molecular complexity index is 314. The molecular formula is C7H9F2N3O2. The molecule has 0 unspecified atom stereocenters. The summed E-state index contributed by atoms with van der Waals surface area (Å²) in [5, 5.41) is 6.74. The largest absolute Gasteiger partial charge is 0.383 e. The summed E-state index contributed by atoms with van der Waals surface area (Å²) in [5.41, 5.74) is -0.784. The predicted molar refractivity (Wildman–Crippen MR) is 42.2 cm³/mol. The Hall–Kier alpha value is -1.37. The summed E-state index contributed by atoms with van der Waals surface area (Å²) >= 11 is 0. The zero-order chi connectivity index (χ0) is 10.6. The van der Waals surface area contributed by atoms with Crippen LogP contribution in [-0.2, 0) is 11.3 Å². The average molecular weight is 205 g/mol. The quantitative estimate of drug-likeness (QED) is 0.663. The van der Waals surface area contributed by atoms with Crippen molar-refractivity contribution in [2.45, 2.75) is 13.0 Å². The van der Waals surface area contributed by atoms with E-state index in [1.165, 1.54) is 7.11 Å². The van der Waals surface area contributed by atoms with Gasteiger partial charge in [0.2, 0.25) is 0 Å². The third-order valence-electron chi connectivity index (χ3n) is 1.63. The van der Waals surface area contributed by atoms with Crippen molar-refractivity contribution in [2.75, 3.05) is 13.7 Å². The Morgan fingerprint density at radius 1 is 1.64 bits per heavy atom. The molecule has 78 valence electrons. The van der Waals surface area contributed by atoms with Gasteiger partial charge in [0, 0.05) is 7.11 Å². The summed E-state index contributed by atoms with van der Waals surface area (Å²) in [5.74, 6) is 0. The van der Waals surface area contributed by atoms with Crippen LogP contribution in [0, 0.1) is 0 Å². The maximum atomic E-state index is 12.4. The van der Waals surface area contributed by atoms with Crippen LogP contribution in [0.25, 0.3) is 0 Å². The molecule has 0 amide bonds. The van der Waals surface area contributed by atoms with E-state index in [1.54, 1.807) is 0 Å². The Morgan fingerprint density at radius 3 is 2.86 bits per heavy atom. The maximum absolute atomic E-state index is 12.4. The van der Waals surface area contributed by atoms with E-state index in [0.717, 1.165) is 4.68 Å². The van der Waals surface area contributed by atoms with Crippen LogP contribution in [0.2, 0.25) is 0 Å². The first-order valence-electron chi connectivity index (χ1n) is 3.86. The van der Waals surface area contributed by atoms with E-state index >= 15 is 0 Å². The highest BCUT2D eigenvalue weighted by Gasteiger charge is 2.20. The fourth-order valence-electron chi connectivity index (χ4n) is 0.985. The summed E-state index contributed by atoms with van der Waals surface area (Å²) < 4.78 is 30.5. The van der Waals surface area contributed by atoms with Gasteiger partial charge in [0.05, 0.1) is 13.2 Å². The molecule has 0 bridgehead atoms. The lowest BCUT2D eigenvalue weighted by Crippen LogP contribution is -2.10. The molecule has 1 aromatic heterocycles. The summed E-state index contributed by atoms with van der Waals surface area (Å²) in [6, 6.07) is 0. The molecule has 7 heteroatoms. The SMILES string of the molecule is COCCn1nnc(C=O)c1C(F)F. The topological polar surface area (TPSA) is 57.0 Å². The maximum Gasteiger partial charge on any atom is 0.282 e. The van der Waals surface area contributed by atoms with E-state index in [2.05, 4.69) is 10.3 Å². The van der Waals surface area contributed by atoms with Gasteiger partial charge in [0.1, 0.15) is 5.69 Å². The van der Waals surface area contributed by atoms with Crippen molar-refractivity contribution >= 4 is 6.29 Å². The van der Waals surface area contributed by atoms with E-state index in [4.69, 9.17) is 4.74 Å². The van der Waals surface area contributed by atoms with E-state index in [-0.39, 0.29) is 25.1 Å². The minimum Gasteiger partial charge on any atom is -0.383 e. The summed E-state index contributed by atoms with van der Waals surface area (Å²) in [6.45, 7) is 0.387. The standard InChI is InChI=1S/C7H9F2N3O2/c1-14-3-2-12-6(7(8)9)5(4-13)10-11-12/h4,7H,2-3H2,1H3. The van der Waals surface area contributed by atoms with Crippen LogP contribution in [0.4, 0.5) is 8.78 Å². The van der Waals surface area contributed by atoms with Gasteiger partial charge in [-0.25, -0.2) is 13.5 Å². The molecule has 1 aromatic rings. The Labute approximate surface area is 78.7 Å². The Balaban J connectivity index is 2.92. The van der Waals surface area contributed by atoms with Gasteiger partial charge >= 0.3 is 0 Å². The molecule has 0 aliphatic heterocycles. The third-order valence-corrected chi connectivity index (χ3v) is 1.63. The monoisotopic (exact) mass is 205 g/mol. The number of halogens is 2. The lowest BCUT2D eigenvalue weighted by molar-refractivity contribution is 0.109. The zero-order valence-electron chi connectivity index (χ0n) is 7.48. The molecule has 0 spiro atoms. The third kappa shape index (κ3) is 2.11. The van der Waals surface area contributed by atoms with Crippen molar-refractivity contribution in [2.24, 2.45) is 0 Å². The van der Waals surface area contributed by atoms with E-state index in [1.807, 2.05) is 0 Å². The smallest absolute Gasteiger partial charge is 0.282 e. The normalized spacial score (nSPS) is 10.9. The van der Waals surface area contributed by atoms with Gasteiger partial charge in [0.15, 0.2) is 12.0 Å². The van der Waals surface area contributed by atoms with E-state index < -0.39 is 12.1 Å². The van der Waals surface area contributed by atoms with Crippen LogP contribution in [0.5, 0.6) is 0 Å². The molecule has 0 aliphatic carbocycles. The average Bonchev–Trinajstić information content (AvgIpc) is 2.57. The first kappa shape index (κ1) is 10.7. The molecule has 0 atom stereocenters. The minimum absolute atomic E-state index is 0.150. The highest BCUT2D eigenvalue weighted by Crippen LogP contribution is 2.19. The van der Waals surface area contributed by atoms with E-state index in [9.17, 15) is 13.6 Å². The fourth-order valence-corrected chi connectivity index (χ4v) is 0.985. The molecule has 14 heavy (non-hydrogen) atoms. The molecule has 0 aliphatic rings. The molecular weight excluding hydrogens is 196 g/mol. The van der Waals surface area contributed by atoms with Crippen LogP contribution >= 0.6 is 0 Å². The van der Waals surface area contributed by atoms with Gasteiger partial charge in [-0.3, -0.25) is 4.79 Å². The molecule has 1 rings (SSSR count). The lowest BCUT2D eigenvalue weighted by atomic mass is 10.3. The minimum atomic E-state index is -2.76. The van der Waals surface area contributed by atoms with Crippen molar-refractivity contribution in [1.29, 1.82) is 0 Å². The number of alkyl halides is 2. The van der Waals surface area contributed by atoms with Crippen LogP contribution in [0.1, 0.15) is 22.6 Å². The number of rotatable bonds is 5. The number of carbonyl (C=O) groups excluding carboxylic acids is 1. The van der Waals surface area contributed by atoms with Gasteiger partial charge in [0.25, 0.3) is 6.43 Å². The second-order valence-corrected chi connectivity index (χ2v) is 2.49. The number of ether oxygens (including phenoxy) is 1. The van der Waals surface area contributed by atoms with Crippen molar-refractivity contribution in [1.82, 2.24) is 15.0 Å². The Kier molecular flexibility index (Phi) is 3.63. The molecule has 0 radical (unpaired) electrons. The van der Waals surface area contributed by atoms with Crippen LogP contribution < -0.4 is 0 Å².